The number of carbonyl (C=O) groups is 1. The SMILES string of the molecule is Cc1ccc(-n2c(=O)ccc3cnc4ccc(-n5cccn5)cc4c32)cc1NC(=O)C1CCN1. The van der Waals surface area contributed by atoms with Crippen LogP contribution in [-0.2, 0) is 4.79 Å². The lowest BCUT2D eigenvalue weighted by atomic mass is 10.1. The highest BCUT2D eigenvalue weighted by atomic mass is 16.2. The highest BCUT2D eigenvalue weighted by Gasteiger charge is 2.25. The maximum atomic E-state index is 13.2. The van der Waals surface area contributed by atoms with Gasteiger partial charge in [0.05, 0.1) is 28.5 Å². The Hall–Kier alpha value is -4.30. The van der Waals surface area contributed by atoms with Gasteiger partial charge in [-0.05, 0) is 67.9 Å². The molecule has 1 unspecified atom stereocenters. The number of anilines is 1. The number of nitrogens with zero attached hydrogens (tertiary/aromatic N) is 4. The lowest BCUT2D eigenvalue weighted by Gasteiger charge is -2.26. The molecule has 168 valence electrons. The molecule has 1 atom stereocenters. The largest absolute Gasteiger partial charge is 0.324 e. The van der Waals surface area contributed by atoms with Gasteiger partial charge in [0, 0.05) is 41.1 Å². The molecule has 34 heavy (non-hydrogen) atoms. The van der Waals surface area contributed by atoms with Crippen molar-refractivity contribution >= 4 is 33.4 Å². The van der Waals surface area contributed by atoms with Crippen LogP contribution in [0.5, 0.6) is 0 Å². The molecule has 6 rings (SSSR count). The summed E-state index contributed by atoms with van der Waals surface area (Å²) < 4.78 is 3.46. The lowest BCUT2D eigenvalue weighted by molar-refractivity contribution is -0.119. The summed E-state index contributed by atoms with van der Waals surface area (Å²) in [5.41, 5.74) is 4.54. The van der Waals surface area contributed by atoms with E-state index in [0.717, 1.165) is 46.0 Å². The van der Waals surface area contributed by atoms with Crippen LogP contribution in [0.2, 0.25) is 0 Å². The van der Waals surface area contributed by atoms with E-state index in [-0.39, 0.29) is 17.5 Å². The number of aryl methyl sites for hydroxylation is 1. The molecule has 1 aliphatic rings. The van der Waals surface area contributed by atoms with E-state index in [1.165, 1.54) is 0 Å². The molecule has 2 aromatic carbocycles. The molecule has 4 heterocycles. The van der Waals surface area contributed by atoms with Gasteiger partial charge in [0.15, 0.2) is 0 Å². The Kier molecular flexibility index (Phi) is 4.74. The monoisotopic (exact) mass is 450 g/mol. The Labute approximate surface area is 194 Å². The van der Waals surface area contributed by atoms with E-state index in [4.69, 9.17) is 0 Å². The van der Waals surface area contributed by atoms with Gasteiger partial charge in [-0.3, -0.25) is 19.1 Å². The molecule has 1 fully saturated rings. The third-order valence-corrected chi connectivity index (χ3v) is 6.35. The minimum Gasteiger partial charge on any atom is -0.324 e. The first-order chi connectivity index (χ1) is 16.6. The van der Waals surface area contributed by atoms with Gasteiger partial charge in [-0.1, -0.05) is 6.07 Å². The molecule has 1 saturated heterocycles. The van der Waals surface area contributed by atoms with Crippen molar-refractivity contribution < 1.29 is 4.79 Å². The van der Waals surface area contributed by atoms with Crippen molar-refractivity contribution in [1.82, 2.24) is 24.6 Å². The Morgan fingerprint density at radius 3 is 2.74 bits per heavy atom. The minimum atomic E-state index is -0.168. The molecule has 1 amide bonds. The van der Waals surface area contributed by atoms with Gasteiger partial charge < -0.3 is 10.6 Å². The van der Waals surface area contributed by atoms with Crippen LogP contribution < -0.4 is 16.2 Å². The molecule has 0 saturated carbocycles. The van der Waals surface area contributed by atoms with Crippen molar-refractivity contribution in [3.63, 3.8) is 0 Å². The Bertz CT molecular complexity index is 1620. The number of pyridine rings is 2. The number of nitrogens with one attached hydrogen (secondary N) is 2. The summed E-state index contributed by atoms with van der Waals surface area (Å²) in [5, 5.41) is 12.1. The summed E-state index contributed by atoms with van der Waals surface area (Å²) in [6, 6.07) is 16.6. The van der Waals surface area contributed by atoms with Crippen molar-refractivity contribution in [1.29, 1.82) is 0 Å². The number of aromatic nitrogens is 4. The third-order valence-electron chi connectivity index (χ3n) is 6.35. The Morgan fingerprint density at radius 2 is 1.97 bits per heavy atom. The second-order valence-electron chi connectivity index (χ2n) is 8.51. The zero-order chi connectivity index (χ0) is 23.2. The van der Waals surface area contributed by atoms with Gasteiger partial charge in [0.2, 0.25) is 5.91 Å². The van der Waals surface area contributed by atoms with Crippen LogP contribution in [-0.4, -0.2) is 37.8 Å². The Morgan fingerprint density at radius 1 is 1.12 bits per heavy atom. The van der Waals surface area contributed by atoms with Crippen LogP contribution >= 0.6 is 0 Å². The average molecular weight is 451 g/mol. The van der Waals surface area contributed by atoms with Crippen molar-refractivity contribution in [2.75, 3.05) is 11.9 Å². The van der Waals surface area contributed by atoms with Crippen LogP contribution in [0.15, 0.2) is 78.0 Å². The predicted octanol–water partition coefficient (Wildman–Crippen LogP) is 3.33. The molecule has 8 heteroatoms. The first-order valence-electron chi connectivity index (χ1n) is 11.2. The number of hydrogen-bond acceptors (Lipinski definition) is 5. The number of amides is 1. The van der Waals surface area contributed by atoms with E-state index < -0.39 is 0 Å². The van der Waals surface area contributed by atoms with Crippen LogP contribution in [0, 0.1) is 6.92 Å². The van der Waals surface area contributed by atoms with Gasteiger partial charge >= 0.3 is 0 Å². The zero-order valence-electron chi connectivity index (χ0n) is 18.5. The molecule has 0 bridgehead atoms. The second-order valence-corrected chi connectivity index (χ2v) is 8.51. The topological polar surface area (TPSA) is 93.8 Å². The van der Waals surface area contributed by atoms with Crippen LogP contribution in [0.4, 0.5) is 5.69 Å². The predicted molar refractivity (Wildman–Crippen MR) is 132 cm³/mol. The second kappa shape index (κ2) is 7.93. The van der Waals surface area contributed by atoms with Crippen molar-refractivity contribution in [3.8, 4) is 11.4 Å². The number of rotatable bonds is 4. The molecule has 1 aliphatic heterocycles. The standard InChI is InChI=1S/C26H22N6O2/c1-16-3-5-19(14-23(16)30-26(34)22-9-11-27-22)32-24(33)8-4-17-15-28-21-7-6-18(13-20(21)25(17)32)31-12-2-10-29-31/h2-8,10,12-15,22,27H,9,11H2,1H3,(H,30,34). The van der Waals surface area contributed by atoms with Gasteiger partial charge in [0.25, 0.3) is 5.56 Å². The van der Waals surface area contributed by atoms with Crippen LogP contribution in [0.1, 0.15) is 12.0 Å². The number of carbonyl (C=O) groups excluding carboxylic acids is 1. The molecule has 3 aromatic heterocycles. The zero-order valence-corrected chi connectivity index (χ0v) is 18.5. The summed E-state index contributed by atoms with van der Waals surface area (Å²) in [6.45, 7) is 2.79. The fourth-order valence-electron chi connectivity index (χ4n) is 4.34. The van der Waals surface area contributed by atoms with Crippen LogP contribution in [0.3, 0.4) is 0 Å². The highest BCUT2D eigenvalue weighted by molar-refractivity contribution is 6.04. The van der Waals surface area contributed by atoms with Gasteiger partial charge in [-0.15, -0.1) is 0 Å². The summed E-state index contributed by atoms with van der Waals surface area (Å²) >= 11 is 0. The van der Waals surface area contributed by atoms with Gasteiger partial charge in [-0.25, -0.2) is 4.68 Å². The van der Waals surface area contributed by atoms with E-state index in [1.54, 1.807) is 33.8 Å². The first kappa shape index (κ1) is 20.3. The summed E-state index contributed by atoms with van der Waals surface area (Å²) in [7, 11) is 0. The summed E-state index contributed by atoms with van der Waals surface area (Å²) in [4.78, 5) is 30.3. The smallest absolute Gasteiger partial charge is 0.255 e. The van der Waals surface area contributed by atoms with E-state index in [1.807, 2.05) is 55.6 Å². The quantitative estimate of drug-likeness (QED) is 0.410. The molecule has 0 spiro atoms. The summed E-state index contributed by atoms with van der Waals surface area (Å²) in [6.07, 6.45) is 6.20. The number of fused-ring (bicyclic) bond motifs is 3. The first-order valence-corrected chi connectivity index (χ1v) is 11.2. The van der Waals surface area contributed by atoms with E-state index >= 15 is 0 Å². The highest BCUT2D eigenvalue weighted by Crippen LogP contribution is 2.28. The molecule has 5 aromatic rings. The summed E-state index contributed by atoms with van der Waals surface area (Å²) in [5.74, 6) is -0.0599. The maximum absolute atomic E-state index is 13.2. The fraction of sp³-hybridized carbons (Fsp3) is 0.154. The molecule has 8 nitrogen and oxygen atoms in total. The minimum absolute atomic E-state index is 0.0599. The van der Waals surface area contributed by atoms with E-state index in [9.17, 15) is 9.59 Å². The Balaban J connectivity index is 1.56. The lowest BCUT2D eigenvalue weighted by Crippen LogP contribution is -2.50. The fourth-order valence-corrected chi connectivity index (χ4v) is 4.34. The van der Waals surface area contributed by atoms with Crippen molar-refractivity contribution in [2.24, 2.45) is 0 Å². The number of hydrogen-bond donors (Lipinski definition) is 2. The van der Waals surface area contributed by atoms with E-state index in [2.05, 4.69) is 20.7 Å². The molecular formula is C26H22N6O2. The van der Waals surface area contributed by atoms with Crippen molar-refractivity contribution in [3.05, 3.63) is 89.1 Å². The van der Waals surface area contributed by atoms with E-state index in [0.29, 0.717) is 11.4 Å². The van der Waals surface area contributed by atoms with Gasteiger partial charge in [-0.2, -0.15) is 5.10 Å². The molecule has 2 N–H and O–H groups in total. The normalized spacial score (nSPS) is 15.4. The average Bonchev–Trinajstić information content (AvgIpc) is 3.34. The third kappa shape index (κ3) is 3.36. The maximum Gasteiger partial charge on any atom is 0.255 e. The van der Waals surface area contributed by atoms with Crippen LogP contribution in [0.25, 0.3) is 33.2 Å². The van der Waals surface area contributed by atoms with Crippen molar-refractivity contribution in [2.45, 2.75) is 19.4 Å². The van der Waals surface area contributed by atoms with Gasteiger partial charge in [0.1, 0.15) is 0 Å². The molecule has 0 aliphatic carbocycles. The molecule has 0 radical (unpaired) electrons. The number of benzene rings is 2. The molecular weight excluding hydrogens is 428 g/mol.